The van der Waals surface area contributed by atoms with E-state index in [0.29, 0.717) is 10.7 Å². The van der Waals surface area contributed by atoms with Crippen LogP contribution in [0, 0.1) is 13.8 Å². The summed E-state index contributed by atoms with van der Waals surface area (Å²) >= 11 is 6.18. The number of hydrogen-bond donors (Lipinski definition) is 1. The smallest absolute Gasteiger partial charge is 0.241 e. The van der Waals surface area contributed by atoms with Crippen molar-refractivity contribution in [2.45, 2.75) is 19.9 Å². The summed E-state index contributed by atoms with van der Waals surface area (Å²) < 4.78 is 25.9. The van der Waals surface area contributed by atoms with E-state index in [-0.39, 0.29) is 6.54 Å². The Labute approximate surface area is 188 Å². The van der Waals surface area contributed by atoms with Gasteiger partial charge in [-0.25, -0.2) is 8.42 Å². The van der Waals surface area contributed by atoms with E-state index in [1.165, 1.54) is 0 Å². The van der Waals surface area contributed by atoms with Crippen molar-refractivity contribution in [2.24, 2.45) is 0 Å². The van der Waals surface area contributed by atoms with Gasteiger partial charge in [-0.05, 0) is 42.7 Å². The minimum atomic E-state index is -3.70. The summed E-state index contributed by atoms with van der Waals surface area (Å²) in [5, 5.41) is 3.43. The van der Waals surface area contributed by atoms with E-state index in [2.05, 4.69) is 5.32 Å². The Morgan fingerprint density at radius 3 is 2.16 bits per heavy atom. The summed E-state index contributed by atoms with van der Waals surface area (Å²) in [5.74, 6) is -0.420. The third-order valence-corrected chi connectivity index (χ3v) is 6.53. The molecule has 0 heterocycles. The Kier molecular flexibility index (Phi) is 7.03. The van der Waals surface area contributed by atoms with Crippen LogP contribution in [-0.4, -0.2) is 27.1 Å². The van der Waals surface area contributed by atoms with Crippen LogP contribution in [0.25, 0.3) is 0 Å². The second-order valence-electron chi connectivity index (χ2n) is 7.53. The molecule has 3 aromatic carbocycles. The summed E-state index contributed by atoms with van der Waals surface area (Å²) in [6.45, 7) is 3.47. The van der Waals surface area contributed by atoms with Crippen molar-refractivity contribution in [1.82, 2.24) is 5.32 Å². The number of aryl methyl sites for hydroxylation is 2. The molecule has 0 radical (unpaired) electrons. The van der Waals surface area contributed by atoms with Crippen molar-refractivity contribution >= 4 is 33.2 Å². The Hall–Kier alpha value is -2.83. The van der Waals surface area contributed by atoms with Gasteiger partial charge >= 0.3 is 0 Å². The molecular weight excluding hydrogens is 432 g/mol. The van der Waals surface area contributed by atoms with Crippen molar-refractivity contribution in [1.29, 1.82) is 0 Å². The maximum absolute atomic E-state index is 13.0. The second kappa shape index (κ2) is 9.54. The van der Waals surface area contributed by atoms with E-state index in [1.807, 2.05) is 68.4 Å². The van der Waals surface area contributed by atoms with E-state index in [4.69, 9.17) is 11.6 Å². The maximum atomic E-state index is 13.0. The highest BCUT2D eigenvalue weighted by atomic mass is 35.5. The van der Waals surface area contributed by atoms with E-state index < -0.39 is 22.0 Å². The molecule has 0 fully saturated rings. The molecule has 0 saturated carbocycles. The zero-order valence-corrected chi connectivity index (χ0v) is 19.2. The second-order valence-corrected chi connectivity index (χ2v) is 9.84. The quantitative estimate of drug-likeness (QED) is 0.563. The molecule has 3 aromatic rings. The zero-order chi connectivity index (χ0) is 22.6. The van der Waals surface area contributed by atoms with Crippen LogP contribution in [0.2, 0.25) is 5.02 Å². The fourth-order valence-electron chi connectivity index (χ4n) is 3.24. The zero-order valence-electron chi connectivity index (χ0n) is 17.7. The summed E-state index contributed by atoms with van der Waals surface area (Å²) in [6.07, 6.45) is 1.07. The van der Waals surface area contributed by atoms with Crippen LogP contribution >= 0.6 is 11.6 Å². The van der Waals surface area contributed by atoms with Crippen molar-refractivity contribution in [3.05, 3.63) is 100 Å². The number of carbonyl (C=O) groups excluding carboxylic acids is 1. The molecule has 1 atom stereocenters. The van der Waals surface area contributed by atoms with Gasteiger partial charge in [0.15, 0.2) is 0 Å². The first kappa shape index (κ1) is 22.8. The third kappa shape index (κ3) is 5.87. The number of amides is 1. The van der Waals surface area contributed by atoms with Crippen molar-refractivity contribution in [3.8, 4) is 0 Å². The van der Waals surface area contributed by atoms with E-state index in [1.54, 1.807) is 18.2 Å². The van der Waals surface area contributed by atoms with Crippen molar-refractivity contribution in [3.63, 3.8) is 0 Å². The fourth-order valence-corrected chi connectivity index (χ4v) is 4.26. The Balaban J connectivity index is 1.89. The number of nitrogens with one attached hydrogen (secondary N) is 1. The normalized spacial score (nSPS) is 12.3. The Bertz CT molecular complexity index is 1160. The molecule has 31 heavy (non-hydrogen) atoms. The number of anilines is 1. The lowest BCUT2D eigenvalue weighted by Gasteiger charge is -2.25. The first-order chi connectivity index (χ1) is 14.6. The summed E-state index contributed by atoms with van der Waals surface area (Å²) in [5.41, 5.74) is 4.10. The number of halogens is 1. The van der Waals surface area contributed by atoms with Gasteiger partial charge in [-0.15, -0.1) is 0 Å². The van der Waals surface area contributed by atoms with Crippen LogP contribution in [0.4, 0.5) is 5.69 Å². The monoisotopic (exact) mass is 456 g/mol. The average molecular weight is 457 g/mol. The molecule has 0 bridgehead atoms. The predicted octanol–water partition coefficient (Wildman–Crippen LogP) is 4.63. The Morgan fingerprint density at radius 2 is 1.58 bits per heavy atom. The van der Waals surface area contributed by atoms with E-state index in [9.17, 15) is 13.2 Å². The first-order valence-corrected chi connectivity index (χ1v) is 12.0. The predicted molar refractivity (Wildman–Crippen MR) is 126 cm³/mol. The van der Waals surface area contributed by atoms with Gasteiger partial charge in [0.05, 0.1) is 18.0 Å². The first-order valence-electron chi connectivity index (χ1n) is 9.80. The number of rotatable bonds is 7. The van der Waals surface area contributed by atoms with Gasteiger partial charge in [-0.3, -0.25) is 9.10 Å². The molecule has 0 aliphatic heterocycles. The highest BCUT2D eigenvalue weighted by Gasteiger charge is 2.24. The molecule has 7 heteroatoms. The minimum Gasteiger partial charge on any atom is -0.344 e. The molecule has 0 unspecified atom stereocenters. The standard InChI is InChI=1S/C24H25ClN2O3S/c1-17-9-12-20(13-10-17)24(19-7-5-4-6-8-19)26-23(28)16-27(31(3,29)30)21-14-11-18(2)22(25)15-21/h4-15,24H,16H2,1-3H3,(H,26,28)/t24-/m1/s1. The molecule has 5 nitrogen and oxygen atoms in total. The molecule has 0 aliphatic rings. The molecule has 0 aromatic heterocycles. The van der Waals surface area contributed by atoms with Gasteiger partial charge in [0.25, 0.3) is 0 Å². The van der Waals surface area contributed by atoms with Crippen molar-refractivity contribution < 1.29 is 13.2 Å². The third-order valence-electron chi connectivity index (χ3n) is 4.98. The molecule has 0 saturated heterocycles. The van der Waals surface area contributed by atoms with Gasteiger partial charge in [0.2, 0.25) is 15.9 Å². The van der Waals surface area contributed by atoms with Crippen LogP contribution in [0.15, 0.2) is 72.8 Å². The Morgan fingerprint density at radius 1 is 0.968 bits per heavy atom. The number of nitrogens with zero attached hydrogens (tertiary/aromatic N) is 1. The number of carbonyl (C=O) groups is 1. The minimum absolute atomic E-state index is 0.347. The molecule has 1 N–H and O–H groups in total. The lowest BCUT2D eigenvalue weighted by molar-refractivity contribution is -0.120. The van der Waals surface area contributed by atoms with Gasteiger partial charge in [-0.1, -0.05) is 77.8 Å². The summed E-state index contributed by atoms with van der Waals surface area (Å²) in [4.78, 5) is 13.0. The molecule has 0 spiro atoms. The van der Waals surface area contributed by atoms with E-state index >= 15 is 0 Å². The fraction of sp³-hybridized carbons (Fsp3) is 0.208. The summed E-state index contributed by atoms with van der Waals surface area (Å²) in [6, 6.07) is 22.0. The lowest BCUT2D eigenvalue weighted by atomic mass is 9.98. The molecular formula is C24H25ClN2O3S. The highest BCUT2D eigenvalue weighted by Crippen LogP contribution is 2.26. The van der Waals surface area contributed by atoms with E-state index in [0.717, 1.165) is 32.8 Å². The molecule has 1 amide bonds. The maximum Gasteiger partial charge on any atom is 0.241 e. The number of benzene rings is 3. The van der Waals surface area contributed by atoms with Crippen LogP contribution in [-0.2, 0) is 14.8 Å². The largest absolute Gasteiger partial charge is 0.344 e. The van der Waals surface area contributed by atoms with Crippen LogP contribution in [0.5, 0.6) is 0 Å². The van der Waals surface area contributed by atoms with Gasteiger partial charge < -0.3 is 5.32 Å². The lowest BCUT2D eigenvalue weighted by Crippen LogP contribution is -2.41. The molecule has 3 rings (SSSR count). The topological polar surface area (TPSA) is 66.5 Å². The van der Waals surface area contributed by atoms with Crippen LogP contribution < -0.4 is 9.62 Å². The summed E-state index contributed by atoms with van der Waals surface area (Å²) in [7, 11) is -3.70. The SMILES string of the molecule is Cc1ccc([C@H](NC(=O)CN(c2ccc(C)c(Cl)c2)S(C)(=O)=O)c2ccccc2)cc1. The molecule has 162 valence electrons. The number of hydrogen-bond acceptors (Lipinski definition) is 3. The highest BCUT2D eigenvalue weighted by molar-refractivity contribution is 7.92. The van der Waals surface area contributed by atoms with Crippen molar-refractivity contribution in [2.75, 3.05) is 17.1 Å². The van der Waals surface area contributed by atoms with Crippen LogP contribution in [0.3, 0.4) is 0 Å². The molecule has 0 aliphatic carbocycles. The van der Waals surface area contributed by atoms with Gasteiger partial charge in [-0.2, -0.15) is 0 Å². The van der Waals surface area contributed by atoms with Crippen LogP contribution in [0.1, 0.15) is 28.3 Å². The van der Waals surface area contributed by atoms with Gasteiger partial charge in [0.1, 0.15) is 6.54 Å². The number of sulfonamides is 1. The van der Waals surface area contributed by atoms with Gasteiger partial charge in [0, 0.05) is 5.02 Å². The average Bonchev–Trinajstić information content (AvgIpc) is 2.73.